The third kappa shape index (κ3) is 5.62. The van der Waals surface area contributed by atoms with Crippen LogP contribution in [0.1, 0.15) is 12.6 Å². The van der Waals surface area contributed by atoms with E-state index in [9.17, 15) is 8.42 Å². The highest BCUT2D eigenvalue weighted by Gasteiger charge is 2.07. The summed E-state index contributed by atoms with van der Waals surface area (Å²) < 4.78 is 25.0. The zero-order valence-corrected chi connectivity index (χ0v) is 10.5. The average molecular weight is 259 g/mol. The molecule has 0 atom stereocenters. The summed E-state index contributed by atoms with van der Waals surface area (Å²) in [7, 11) is -3.17. The Hall–Kier alpha value is -1.18. The van der Waals surface area contributed by atoms with Gasteiger partial charge in [-0.2, -0.15) is 0 Å². The van der Waals surface area contributed by atoms with Gasteiger partial charge >= 0.3 is 0 Å². The van der Waals surface area contributed by atoms with Crippen LogP contribution < -0.4 is 10.0 Å². The van der Waals surface area contributed by atoms with E-state index in [4.69, 9.17) is 5.11 Å². The second-order valence-electron chi connectivity index (χ2n) is 3.50. The summed E-state index contributed by atoms with van der Waals surface area (Å²) in [4.78, 5) is 3.97. The summed E-state index contributed by atoms with van der Waals surface area (Å²) >= 11 is 0. The van der Waals surface area contributed by atoms with E-state index < -0.39 is 10.0 Å². The zero-order chi connectivity index (χ0) is 12.7. The fraction of sp³-hybridized carbons (Fsp3) is 0.500. The summed E-state index contributed by atoms with van der Waals surface area (Å²) in [5.74, 6) is 0.155. The van der Waals surface area contributed by atoms with Crippen molar-refractivity contribution in [2.24, 2.45) is 0 Å². The lowest BCUT2D eigenvalue weighted by Gasteiger charge is -2.06. The molecular formula is C10H17N3O3S. The molecule has 17 heavy (non-hydrogen) atoms. The van der Waals surface area contributed by atoms with Gasteiger partial charge in [-0.25, -0.2) is 13.1 Å². The first-order valence-electron chi connectivity index (χ1n) is 5.35. The van der Waals surface area contributed by atoms with Crippen molar-refractivity contribution in [2.75, 3.05) is 18.8 Å². The summed E-state index contributed by atoms with van der Waals surface area (Å²) in [6, 6.07) is 3.22. The van der Waals surface area contributed by atoms with Crippen LogP contribution in [0.15, 0.2) is 18.3 Å². The van der Waals surface area contributed by atoms with Gasteiger partial charge in [-0.15, -0.1) is 0 Å². The first-order valence-corrected chi connectivity index (χ1v) is 7.00. The predicted molar refractivity (Wildman–Crippen MR) is 65.1 cm³/mol. The minimum absolute atomic E-state index is 0.0406. The first kappa shape index (κ1) is 13.9. The van der Waals surface area contributed by atoms with Gasteiger partial charge < -0.3 is 10.4 Å². The molecule has 1 aromatic rings. The molecule has 96 valence electrons. The Morgan fingerprint density at radius 3 is 2.76 bits per heavy atom. The fourth-order valence-corrected chi connectivity index (χ4v) is 2.23. The minimum atomic E-state index is -3.17. The molecule has 0 aliphatic rings. The Labute approximate surface area is 101 Å². The van der Waals surface area contributed by atoms with E-state index in [1.54, 1.807) is 19.1 Å². The Morgan fingerprint density at radius 2 is 2.18 bits per heavy atom. The highest BCUT2D eigenvalue weighted by molar-refractivity contribution is 7.89. The molecule has 0 aliphatic heterocycles. The molecule has 0 saturated heterocycles. The van der Waals surface area contributed by atoms with E-state index in [1.807, 2.05) is 0 Å². The molecular weight excluding hydrogens is 242 g/mol. The van der Waals surface area contributed by atoms with Gasteiger partial charge in [0.25, 0.3) is 0 Å². The zero-order valence-electron chi connectivity index (χ0n) is 9.68. The van der Waals surface area contributed by atoms with Gasteiger partial charge in [0.2, 0.25) is 10.0 Å². The van der Waals surface area contributed by atoms with E-state index in [2.05, 4.69) is 15.0 Å². The molecule has 0 aromatic carbocycles. The van der Waals surface area contributed by atoms with Gasteiger partial charge in [-0.05, 0) is 12.1 Å². The summed E-state index contributed by atoms with van der Waals surface area (Å²) in [5, 5.41) is 12.0. The SMILES string of the molecule is CCNS(=O)(=O)CCNCc1ccc(O)cn1. The van der Waals surface area contributed by atoms with Crippen LogP contribution in [-0.2, 0) is 16.6 Å². The van der Waals surface area contributed by atoms with Crippen molar-refractivity contribution >= 4 is 10.0 Å². The lowest BCUT2D eigenvalue weighted by atomic mass is 10.3. The smallest absolute Gasteiger partial charge is 0.212 e. The average Bonchev–Trinajstić information content (AvgIpc) is 2.27. The minimum Gasteiger partial charge on any atom is -0.506 e. The van der Waals surface area contributed by atoms with Crippen molar-refractivity contribution in [3.63, 3.8) is 0 Å². The maximum atomic E-state index is 11.3. The molecule has 0 bridgehead atoms. The lowest BCUT2D eigenvalue weighted by Crippen LogP contribution is -2.31. The number of hydrogen-bond donors (Lipinski definition) is 3. The predicted octanol–water partition coefficient (Wildman–Crippen LogP) is -0.184. The molecule has 0 amide bonds. The third-order valence-corrected chi connectivity index (χ3v) is 3.50. The quantitative estimate of drug-likeness (QED) is 0.591. The molecule has 0 radical (unpaired) electrons. The summed E-state index contributed by atoms with van der Waals surface area (Å²) in [5.41, 5.74) is 0.753. The maximum Gasteiger partial charge on any atom is 0.212 e. The number of sulfonamides is 1. The van der Waals surface area contributed by atoms with E-state index in [0.717, 1.165) is 5.69 Å². The second kappa shape index (κ2) is 6.53. The molecule has 1 aromatic heterocycles. The van der Waals surface area contributed by atoms with Gasteiger partial charge in [-0.3, -0.25) is 4.98 Å². The Balaban J connectivity index is 2.27. The molecule has 7 heteroatoms. The van der Waals surface area contributed by atoms with Crippen molar-refractivity contribution < 1.29 is 13.5 Å². The Kier molecular flexibility index (Phi) is 5.33. The van der Waals surface area contributed by atoms with Crippen LogP contribution in [0.5, 0.6) is 5.75 Å². The standard InChI is InChI=1S/C10H17N3O3S/c1-2-13-17(15,16)6-5-11-7-9-3-4-10(14)8-12-9/h3-4,8,11,13-14H,2,5-7H2,1H3. The molecule has 3 N–H and O–H groups in total. The first-order chi connectivity index (χ1) is 8.03. The van der Waals surface area contributed by atoms with Crippen molar-refractivity contribution in [3.05, 3.63) is 24.0 Å². The van der Waals surface area contributed by atoms with Crippen LogP contribution in [0.3, 0.4) is 0 Å². The third-order valence-electron chi connectivity index (χ3n) is 2.03. The second-order valence-corrected chi connectivity index (χ2v) is 5.43. The topological polar surface area (TPSA) is 91.3 Å². The number of hydrogen-bond acceptors (Lipinski definition) is 5. The highest BCUT2D eigenvalue weighted by Crippen LogP contribution is 2.05. The van der Waals surface area contributed by atoms with Gasteiger partial charge in [0.1, 0.15) is 5.75 Å². The van der Waals surface area contributed by atoms with E-state index in [0.29, 0.717) is 19.6 Å². The number of nitrogens with zero attached hydrogens (tertiary/aromatic N) is 1. The number of aromatic nitrogens is 1. The molecule has 0 unspecified atom stereocenters. The Bertz CT molecular complexity index is 431. The molecule has 1 heterocycles. The van der Waals surface area contributed by atoms with Crippen molar-refractivity contribution in [3.8, 4) is 5.75 Å². The van der Waals surface area contributed by atoms with Crippen LogP contribution in [0.25, 0.3) is 0 Å². The normalized spacial score (nSPS) is 11.6. The van der Waals surface area contributed by atoms with E-state index in [1.165, 1.54) is 6.20 Å². The van der Waals surface area contributed by atoms with Crippen LogP contribution in [-0.4, -0.2) is 37.4 Å². The largest absolute Gasteiger partial charge is 0.506 e. The van der Waals surface area contributed by atoms with Crippen molar-refractivity contribution in [1.29, 1.82) is 0 Å². The van der Waals surface area contributed by atoms with Gasteiger partial charge in [0, 0.05) is 19.6 Å². The Morgan fingerprint density at radius 1 is 1.41 bits per heavy atom. The van der Waals surface area contributed by atoms with Crippen LogP contribution in [0.4, 0.5) is 0 Å². The highest BCUT2D eigenvalue weighted by atomic mass is 32.2. The van der Waals surface area contributed by atoms with E-state index in [-0.39, 0.29) is 11.5 Å². The van der Waals surface area contributed by atoms with Crippen LogP contribution in [0, 0.1) is 0 Å². The molecule has 1 rings (SSSR count). The van der Waals surface area contributed by atoms with Gasteiger partial charge in [0.15, 0.2) is 0 Å². The monoisotopic (exact) mass is 259 g/mol. The number of nitrogens with one attached hydrogen (secondary N) is 2. The summed E-state index contributed by atoms with van der Waals surface area (Å²) in [6.07, 6.45) is 1.35. The molecule has 0 saturated carbocycles. The number of aromatic hydroxyl groups is 1. The fourth-order valence-electron chi connectivity index (χ4n) is 1.24. The molecule has 0 fully saturated rings. The number of pyridine rings is 1. The lowest BCUT2D eigenvalue weighted by molar-refractivity contribution is 0.472. The molecule has 0 aliphatic carbocycles. The van der Waals surface area contributed by atoms with Gasteiger partial charge in [-0.1, -0.05) is 6.92 Å². The van der Waals surface area contributed by atoms with Gasteiger partial charge in [0.05, 0.1) is 17.6 Å². The molecule has 0 spiro atoms. The van der Waals surface area contributed by atoms with Crippen molar-refractivity contribution in [1.82, 2.24) is 15.0 Å². The summed E-state index contributed by atoms with van der Waals surface area (Å²) in [6.45, 7) is 2.98. The maximum absolute atomic E-state index is 11.3. The molecule has 6 nitrogen and oxygen atoms in total. The van der Waals surface area contributed by atoms with Crippen LogP contribution in [0.2, 0.25) is 0 Å². The van der Waals surface area contributed by atoms with Crippen molar-refractivity contribution in [2.45, 2.75) is 13.5 Å². The van der Waals surface area contributed by atoms with Crippen LogP contribution >= 0.6 is 0 Å². The number of rotatable bonds is 7. The van der Waals surface area contributed by atoms with E-state index >= 15 is 0 Å².